The minimum atomic E-state index is -0.442. The van der Waals surface area contributed by atoms with Crippen LogP contribution in [0.5, 0.6) is 0 Å². The van der Waals surface area contributed by atoms with Crippen LogP contribution in [-0.2, 0) is 9.53 Å². The molecular formula is C12H14FNO2. The fourth-order valence-corrected chi connectivity index (χ4v) is 1.18. The van der Waals surface area contributed by atoms with Gasteiger partial charge in [-0.3, -0.25) is 4.79 Å². The van der Waals surface area contributed by atoms with Crippen molar-refractivity contribution in [1.82, 2.24) is 0 Å². The molecule has 1 aromatic rings. The molecule has 0 radical (unpaired) electrons. The van der Waals surface area contributed by atoms with Gasteiger partial charge in [-0.15, -0.1) is 0 Å². The van der Waals surface area contributed by atoms with Gasteiger partial charge in [0, 0.05) is 0 Å². The molecule has 0 bridgehead atoms. The number of esters is 1. The first kappa shape index (κ1) is 12.2. The molecule has 0 heterocycles. The predicted molar refractivity (Wildman–Crippen MR) is 61.1 cm³/mol. The fourth-order valence-electron chi connectivity index (χ4n) is 1.18. The number of carbonyl (C=O) groups is 1. The quantitative estimate of drug-likeness (QED) is 0.629. The molecule has 1 rings (SSSR count). The molecule has 0 amide bonds. The van der Waals surface area contributed by atoms with E-state index in [1.807, 2.05) is 0 Å². The lowest BCUT2D eigenvalue weighted by atomic mass is 10.1. The van der Waals surface area contributed by atoms with E-state index >= 15 is 0 Å². The van der Waals surface area contributed by atoms with Crippen molar-refractivity contribution in [3.8, 4) is 0 Å². The smallest absolute Gasteiger partial charge is 0.309 e. The third-order valence-corrected chi connectivity index (χ3v) is 1.92. The van der Waals surface area contributed by atoms with Crippen LogP contribution in [0.3, 0.4) is 0 Å². The molecule has 3 nitrogen and oxygen atoms in total. The molecule has 0 aliphatic carbocycles. The second-order valence-corrected chi connectivity index (χ2v) is 3.19. The summed E-state index contributed by atoms with van der Waals surface area (Å²) in [5.74, 6) is -0.726. The zero-order valence-corrected chi connectivity index (χ0v) is 9.07. The van der Waals surface area contributed by atoms with Crippen molar-refractivity contribution in [3.05, 3.63) is 35.7 Å². The topological polar surface area (TPSA) is 52.3 Å². The minimum absolute atomic E-state index is 0.0956. The summed E-state index contributed by atoms with van der Waals surface area (Å²) in [5.41, 5.74) is 6.25. The van der Waals surface area contributed by atoms with Crippen LogP contribution in [0.2, 0.25) is 0 Å². The van der Waals surface area contributed by atoms with Gasteiger partial charge >= 0.3 is 5.97 Å². The molecule has 0 aliphatic rings. The van der Waals surface area contributed by atoms with Gasteiger partial charge in [-0.1, -0.05) is 18.2 Å². The number of hydrogen-bond donors (Lipinski definition) is 1. The van der Waals surface area contributed by atoms with E-state index in [-0.39, 0.29) is 18.1 Å². The van der Waals surface area contributed by atoms with Crippen LogP contribution in [0.4, 0.5) is 10.1 Å². The Morgan fingerprint density at radius 3 is 2.94 bits per heavy atom. The van der Waals surface area contributed by atoms with E-state index in [9.17, 15) is 9.18 Å². The number of benzene rings is 1. The molecule has 86 valence electrons. The summed E-state index contributed by atoms with van der Waals surface area (Å²) in [7, 11) is 0. The van der Waals surface area contributed by atoms with Crippen LogP contribution in [0.25, 0.3) is 6.08 Å². The van der Waals surface area contributed by atoms with E-state index in [0.29, 0.717) is 6.61 Å². The SMILES string of the molecule is CCOC(=O)CC=Cc1ccc(F)c(N)c1. The van der Waals surface area contributed by atoms with Crippen molar-refractivity contribution in [1.29, 1.82) is 0 Å². The molecule has 2 N–H and O–H groups in total. The maximum Gasteiger partial charge on any atom is 0.309 e. The molecule has 0 fully saturated rings. The highest BCUT2D eigenvalue weighted by atomic mass is 19.1. The van der Waals surface area contributed by atoms with E-state index in [2.05, 4.69) is 0 Å². The molecular weight excluding hydrogens is 209 g/mol. The van der Waals surface area contributed by atoms with E-state index in [1.165, 1.54) is 12.1 Å². The molecule has 0 aliphatic heterocycles. The van der Waals surface area contributed by atoms with Gasteiger partial charge in [0.15, 0.2) is 0 Å². The maximum atomic E-state index is 12.8. The second kappa shape index (κ2) is 5.90. The molecule has 0 saturated carbocycles. The van der Waals surface area contributed by atoms with Crippen LogP contribution >= 0.6 is 0 Å². The van der Waals surface area contributed by atoms with Gasteiger partial charge in [-0.25, -0.2) is 4.39 Å². The Balaban J connectivity index is 2.56. The lowest BCUT2D eigenvalue weighted by molar-refractivity contribution is -0.142. The zero-order chi connectivity index (χ0) is 12.0. The largest absolute Gasteiger partial charge is 0.466 e. The molecule has 4 heteroatoms. The highest BCUT2D eigenvalue weighted by molar-refractivity contribution is 5.72. The van der Waals surface area contributed by atoms with E-state index in [1.54, 1.807) is 25.1 Å². The van der Waals surface area contributed by atoms with Crippen LogP contribution in [0, 0.1) is 5.82 Å². The normalized spacial score (nSPS) is 10.6. The first-order chi connectivity index (χ1) is 7.63. The van der Waals surface area contributed by atoms with Gasteiger partial charge in [-0.2, -0.15) is 0 Å². The predicted octanol–water partition coefficient (Wildman–Crippen LogP) is 2.37. The van der Waals surface area contributed by atoms with E-state index in [4.69, 9.17) is 10.5 Å². The highest BCUT2D eigenvalue weighted by Crippen LogP contribution is 2.13. The van der Waals surface area contributed by atoms with Crippen molar-refractivity contribution in [2.24, 2.45) is 0 Å². The molecule has 0 aromatic heterocycles. The Morgan fingerprint density at radius 2 is 2.31 bits per heavy atom. The van der Waals surface area contributed by atoms with Crippen LogP contribution in [0.1, 0.15) is 18.9 Å². The second-order valence-electron chi connectivity index (χ2n) is 3.19. The lowest BCUT2D eigenvalue weighted by Gasteiger charge is -1.99. The molecule has 0 spiro atoms. The molecule has 0 unspecified atom stereocenters. The van der Waals surface area contributed by atoms with Gasteiger partial charge in [-0.05, 0) is 24.6 Å². The number of halogens is 1. The molecule has 1 aromatic carbocycles. The Morgan fingerprint density at radius 1 is 1.56 bits per heavy atom. The minimum Gasteiger partial charge on any atom is -0.466 e. The van der Waals surface area contributed by atoms with Crippen LogP contribution in [-0.4, -0.2) is 12.6 Å². The molecule has 16 heavy (non-hydrogen) atoms. The fraction of sp³-hybridized carbons (Fsp3) is 0.250. The van der Waals surface area contributed by atoms with Crippen molar-refractivity contribution in [3.63, 3.8) is 0 Å². The van der Waals surface area contributed by atoms with Crippen LogP contribution < -0.4 is 5.73 Å². The summed E-state index contributed by atoms with van der Waals surface area (Å²) in [6.45, 7) is 2.12. The number of rotatable bonds is 4. The highest BCUT2D eigenvalue weighted by Gasteiger charge is 1.98. The van der Waals surface area contributed by atoms with Crippen molar-refractivity contribution in [2.45, 2.75) is 13.3 Å². The number of carbonyl (C=O) groups excluding carboxylic acids is 1. The van der Waals surface area contributed by atoms with E-state index in [0.717, 1.165) is 5.56 Å². The maximum absolute atomic E-state index is 12.8. The summed E-state index contributed by atoms with van der Waals surface area (Å²) in [6.07, 6.45) is 3.56. The Bertz CT molecular complexity index is 402. The third-order valence-electron chi connectivity index (χ3n) is 1.92. The number of nitrogens with two attached hydrogens (primary N) is 1. The average molecular weight is 223 g/mol. The zero-order valence-electron chi connectivity index (χ0n) is 9.07. The van der Waals surface area contributed by atoms with Gasteiger partial charge < -0.3 is 10.5 Å². The third kappa shape index (κ3) is 3.73. The summed E-state index contributed by atoms with van der Waals surface area (Å²) < 4.78 is 17.6. The molecule has 0 atom stereocenters. The monoisotopic (exact) mass is 223 g/mol. The lowest BCUT2D eigenvalue weighted by Crippen LogP contribution is -2.01. The standard InChI is InChI=1S/C12H14FNO2/c1-2-16-12(15)5-3-4-9-6-7-10(13)11(14)8-9/h3-4,6-8H,2,5,14H2,1H3. The van der Waals surface area contributed by atoms with Crippen molar-refractivity contribution in [2.75, 3.05) is 12.3 Å². The number of nitrogen functional groups attached to an aromatic ring is 1. The first-order valence-electron chi connectivity index (χ1n) is 5.00. The van der Waals surface area contributed by atoms with Gasteiger partial charge in [0.1, 0.15) is 5.82 Å². The Labute approximate surface area is 93.7 Å². The summed E-state index contributed by atoms with van der Waals surface area (Å²) in [5, 5.41) is 0. The summed E-state index contributed by atoms with van der Waals surface area (Å²) in [6, 6.07) is 4.39. The summed E-state index contributed by atoms with van der Waals surface area (Å²) in [4.78, 5) is 11.0. The Kier molecular flexibility index (Phi) is 4.51. The summed E-state index contributed by atoms with van der Waals surface area (Å²) >= 11 is 0. The van der Waals surface area contributed by atoms with Crippen molar-refractivity contribution < 1.29 is 13.9 Å². The number of ether oxygens (including phenoxy) is 1. The van der Waals surface area contributed by atoms with Crippen LogP contribution in [0.15, 0.2) is 24.3 Å². The average Bonchev–Trinajstić information content (AvgIpc) is 2.24. The van der Waals surface area contributed by atoms with Gasteiger partial charge in [0.05, 0.1) is 18.7 Å². The van der Waals surface area contributed by atoms with Gasteiger partial charge in [0.2, 0.25) is 0 Å². The number of anilines is 1. The Hall–Kier alpha value is -1.84. The van der Waals surface area contributed by atoms with E-state index < -0.39 is 5.82 Å². The number of hydrogen-bond acceptors (Lipinski definition) is 3. The first-order valence-corrected chi connectivity index (χ1v) is 5.00. The van der Waals surface area contributed by atoms with Gasteiger partial charge in [0.25, 0.3) is 0 Å². The van der Waals surface area contributed by atoms with Crippen molar-refractivity contribution >= 4 is 17.7 Å². The molecule has 0 saturated heterocycles.